The van der Waals surface area contributed by atoms with E-state index in [1.165, 1.54) is 5.56 Å². The number of amides is 2. The number of anilines is 1. The van der Waals surface area contributed by atoms with Crippen LogP contribution in [0.3, 0.4) is 0 Å². The maximum Gasteiger partial charge on any atom is 0.240 e. The van der Waals surface area contributed by atoms with Gasteiger partial charge in [-0.2, -0.15) is 0 Å². The maximum atomic E-state index is 14.3. The molecule has 0 saturated carbocycles. The van der Waals surface area contributed by atoms with Gasteiger partial charge in [0.1, 0.15) is 0 Å². The van der Waals surface area contributed by atoms with E-state index in [1.54, 1.807) is 11.3 Å². The standard InChI is InChI=1S/C41H54N6O2S.C2H6/c1-6-10-33-20-30(15-14-28(33)4)22-38(43)40(49)47-24-35(13-9-18-44-41-45-29(5)26-50-41)46(25-36(47)19-27(2)3)39(48)37(42)23-31-16-17-32-11-7-8-12-34(32)21-31;1-2/h6-8,10-12,14-17,20-21,26-27,35-38H,9,13,18-19,22-25,42-43H2,1-5H3,(H,44,45);1-2H3/b10-6-;/t35?,36-,37?,38?;/m1./s1. The van der Waals surface area contributed by atoms with Crippen molar-refractivity contribution < 1.29 is 9.59 Å². The van der Waals surface area contributed by atoms with Gasteiger partial charge in [0.25, 0.3) is 0 Å². The molecule has 3 unspecified atom stereocenters. The van der Waals surface area contributed by atoms with Crippen molar-refractivity contribution in [1.29, 1.82) is 0 Å². The fourth-order valence-electron chi connectivity index (χ4n) is 7.10. The van der Waals surface area contributed by atoms with Gasteiger partial charge < -0.3 is 26.6 Å². The fourth-order valence-corrected chi connectivity index (χ4v) is 7.82. The van der Waals surface area contributed by atoms with Crippen LogP contribution in [-0.2, 0) is 22.4 Å². The fraction of sp³-hybridized carbons (Fsp3) is 0.465. The van der Waals surface area contributed by atoms with Crippen LogP contribution >= 0.6 is 11.3 Å². The van der Waals surface area contributed by atoms with Crippen LogP contribution < -0.4 is 16.8 Å². The van der Waals surface area contributed by atoms with Gasteiger partial charge in [-0.1, -0.05) is 101 Å². The number of benzene rings is 3. The van der Waals surface area contributed by atoms with Gasteiger partial charge in [0.2, 0.25) is 11.8 Å². The van der Waals surface area contributed by atoms with Crippen molar-refractivity contribution in [2.24, 2.45) is 17.4 Å². The summed E-state index contributed by atoms with van der Waals surface area (Å²) in [6.45, 7) is 16.0. The molecule has 1 saturated heterocycles. The Labute approximate surface area is 315 Å². The third kappa shape index (κ3) is 11.0. The van der Waals surface area contributed by atoms with Crippen LogP contribution in [0.4, 0.5) is 5.13 Å². The van der Waals surface area contributed by atoms with E-state index >= 15 is 0 Å². The van der Waals surface area contributed by atoms with E-state index in [0.717, 1.165) is 64.1 Å². The van der Waals surface area contributed by atoms with E-state index in [4.69, 9.17) is 11.5 Å². The van der Waals surface area contributed by atoms with Crippen molar-refractivity contribution in [2.75, 3.05) is 25.0 Å². The minimum atomic E-state index is -0.688. The van der Waals surface area contributed by atoms with Crippen molar-refractivity contribution >= 4 is 45.1 Å². The summed E-state index contributed by atoms with van der Waals surface area (Å²) in [5.74, 6) is 0.212. The highest BCUT2D eigenvalue weighted by molar-refractivity contribution is 7.13. The van der Waals surface area contributed by atoms with Crippen LogP contribution in [0.25, 0.3) is 16.8 Å². The minimum Gasteiger partial charge on any atom is -0.362 e. The largest absolute Gasteiger partial charge is 0.362 e. The van der Waals surface area contributed by atoms with Crippen molar-refractivity contribution in [3.05, 3.63) is 100 Å². The number of aromatic nitrogens is 1. The Hall–Kier alpha value is -4.05. The number of carbonyl (C=O) groups excluding carboxylic acids is 2. The topological polar surface area (TPSA) is 118 Å². The highest BCUT2D eigenvalue weighted by Crippen LogP contribution is 2.27. The van der Waals surface area contributed by atoms with Crippen LogP contribution in [0, 0.1) is 19.8 Å². The van der Waals surface area contributed by atoms with Crippen molar-refractivity contribution in [1.82, 2.24) is 14.8 Å². The number of thiazole rings is 1. The predicted octanol–water partition coefficient (Wildman–Crippen LogP) is 7.76. The Balaban J connectivity index is 0.00000297. The number of allylic oxidation sites excluding steroid dienone is 1. The molecule has 1 fully saturated rings. The van der Waals surface area contributed by atoms with Gasteiger partial charge >= 0.3 is 0 Å². The molecule has 0 radical (unpaired) electrons. The summed E-state index contributed by atoms with van der Waals surface area (Å²) >= 11 is 1.59. The number of fused-ring (bicyclic) bond motifs is 1. The third-order valence-corrected chi connectivity index (χ3v) is 10.6. The first-order valence-corrected chi connectivity index (χ1v) is 19.9. The number of piperazine rings is 1. The molecule has 1 aliphatic rings. The average Bonchev–Trinajstić information content (AvgIpc) is 3.56. The Morgan fingerprint density at radius 2 is 1.52 bits per heavy atom. The van der Waals surface area contributed by atoms with E-state index in [0.29, 0.717) is 31.8 Å². The van der Waals surface area contributed by atoms with Crippen molar-refractivity contribution in [3.8, 4) is 0 Å². The molecule has 2 amide bonds. The molecule has 0 spiro atoms. The molecule has 5 N–H and O–H groups in total. The Kier molecular flexibility index (Phi) is 15.4. The van der Waals surface area contributed by atoms with Crippen LogP contribution in [0.15, 0.2) is 72.1 Å². The number of aryl methyl sites for hydroxylation is 2. The molecule has 5 rings (SSSR count). The molecule has 9 heteroatoms. The van der Waals surface area contributed by atoms with Crippen molar-refractivity contribution in [3.63, 3.8) is 0 Å². The number of hydrogen-bond acceptors (Lipinski definition) is 7. The first-order chi connectivity index (χ1) is 25.0. The number of nitrogens with zero attached hydrogens (tertiary/aromatic N) is 3. The summed E-state index contributed by atoms with van der Waals surface area (Å²) < 4.78 is 0. The molecular formula is C43H60N6O2S. The lowest BCUT2D eigenvalue weighted by Gasteiger charge is -2.48. The van der Waals surface area contributed by atoms with Crippen molar-refractivity contribution in [2.45, 2.75) is 105 Å². The lowest BCUT2D eigenvalue weighted by Crippen LogP contribution is -2.65. The molecule has 2 heterocycles. The zero-order valence-corrected chi connectivity index (χ0v) is 33.1. The first-order valence-electron chi connectivity index (χ1n) is 19.0. The lowest BCUT2D eigenvalue weighted by molar-refractivity contribution is -0.149. The van der Waals surface area contributed by atoms with Gasteiger partial charge in [0.15, 0.2) is 5.13 Å². The Morgan fingerprint density at radius 3 is 2.15 bits per heavy atom. The van der Waals surface area contributed by atoms with E-state index in [9.17, 15) is 9.59 Å². The van der Waals surface area contributed by atoms with Gasteiger partial charge in [0, 0.05) is 37.1 Å². The summed E-state index contributed by atoms with van der Waals surface area (Å²) in [4.78, 5) is 37.0. The summed E-state index contributed by atoms with van der Waals surface area (Å²) in [7, 11) is 0. The third-order valence-electron chi connectivity index (χ3n) is 9.66. The van der Waals surface area contributed by atoms with E-state index in [2.05, 4.69) is 85.7 Å². The normalized spacial score (nSPS) is 17.3. The predicted molar refractivity (Wildman–Crippen MR) is 220 cm³/mol. The van der Waals surface area contributed by atoms with Gasteiger partial charge in [-0.15, -0.1) is 11.3 Å². The summed E-state index contributed by atoms with van der Waals surface area (Å²) in [5, 5.41) is 8.64. The zero-order chi connectivity index (χ0) is 37.8. The molecule has 1 aliphatic heterocycles. The molecule has 1 aromatic heterocycles. The zero-order valence-electron chi connectivity index (χ0n) is 32.3. The van der Waals surface area contributed by atoms with Gasteiger partial charge in [-0.25, -0.2) is 4.98 Å². The highest BCUT2D eigenvalue weighted by atomic mass is 32.1. The van der Waals surface area contributed by atoms with Crippen LogP contribution in [0.5, 0.6) is 0 Å². The summed E-state index contributed by atoms with van der Waals surface area (Å²) in [5.41, 5.74) is 18.8. The Bertz CT molecular complexity index is 1780. The summed E-state index contributed by atoms with van der Waals surface area (Å²) in [6, 6.07) is 19.1. The highest BCUT2D eigenvalue weighted by Gasteiger charge is 2.41. The molecule has 0 aliphatic carbocycles. The second-order valence-electron chi connectivity index (χ2n) is 14.3. The van der Waals surface area contributed by atoms with Gasteiger partial charge in [0.05, 0.1) is 17.8 Å². The van der Waals surface area contributed by atoms with Crippen LogP contribution in [0.1, 0.15) is 81.8 Å². The number of nitrogens with one attached hydrogen (secondary N) is 1. The number of hydrogen-bond donors (Lipinski definition) is 3. The van der Waals surface area contributed by atoms with E-state index in [1.807, 2.05) is 61.1 Å². The second-order valence-corrected chi connectivity index (χ2v) is 15.1. The molecule has 0 bridgehead atoms. The maximum absolute atomic E-state index is 14.3. The molecule has 8 nitrogen and oxygen atoms in total. The average molecular weight is 725 g/mol. The number of nitrogens with two attached hydrogens (primary N) is 2. The smallest absolute Gasteiger partial charge is 0.240 e. The monoisotopic (exact) mass is 724 g/mol. The molecule has 4 atom stereocenters. The first kappa shape index (κ1) is 40.7. The molecule has 3 aromatic carbocycles. The van der Waals surface area contributed by atoms with Gasteiger partial charge in [-0.3, -0.25) is 9.59 Å². The lowest BCUT2D eigenvalue weighted by atomic mass is 9.93. The van der Waals surface area contributed by atoms with Crippen LogP contribution in [-0.4, -0.2) is 70.4 Å². The molecule has 4 aromatic rings. The minimum absolute atomic E-state index is 0.0576. The Morgan fingerprint density at radius 1 is 0.904 bits per heavy atom. The molecule has 52 heavy (non-hydrogen) atoms. The number of rotatable bonds is 14. The van der Waals surface area contributed by atoms with Gasteiger partial charge in [-0.05, 0) is 91.8 Å². The SMILES string of the molecule is C/C=C\c1cc(CC(N)C(=O)N2CC(CCCNc3nc(C)cs3)N(C(=O)C(N)Cc3ccc4ccccc4c3)C[C@H]2CC(C)C)ccc1C.CC. The van der Waals surface area contributed by atoms with E-state index < -0.39 is 12.1 Å². The second kappa shape index (κ2) is 19.7. The number of carbonyl (C=O) groups is 2. The quantitative estimate of drug-likeness (QED) is 0.115. The van der Waals surface area contributed by atoms with E-state index in [-0.39, 0.29) is 23.9 Å². The van der Waals surface area contributed by atoms with Crippen LogP contribution in [0.2, 0.25) is 0 Å². The summed E-state index contributed by atoms with van der Waals surface area (Å²) in [6.07, 6.45) is 7.32. The molecular weight excluding hydrogens is 665 g/mol. The molecule has 280 valence electrons.